The minimum absolute atomic E-state index is 0.145. The van der Waals surface area contributed by atoms with Gasteiger partial charge in [-0.05, 0) is 26.0 Å². The average Bonchev–Trinajstić information content (AvgIpc) is 2.38. The fourth-order valence-electron chi connectivity index (χ4n) is 1.97. The van der Waals surface area contributed by atoms with E-state index in [1.807, 2.05) is 0 Å². The van der Waals surface area contributed by atoms with Crippen molar-refractivity contribution in [1.82, 2.24) is 5.32 Å². The van der Waals surface area contributed by atoms with Crippen molar-refractivity contribution >= 4 is 15.8 Å². The SMILES string of the molecule is CC(C)S(=O)(=O)c1ccccc1C1(N)C=CNC(N)=N1. The van der Waals surface area contributed by atoms with E-state index < -0.39 is 20.8 Å². The first-order valence-electron chi connectivity index (χ1n) is 6.19. The van der Waals surface area contributed by atoms with Crippen LogP contribution in [0.2, 0.25) is 0 Å². The topological polar surface area (TPSA) is 111 Å². The van der Waals surface area contributed by atoms with Crippen LogP contribution in [0, 0.1) is 0 Å². The van der Waals surface area contributed by atoms with Gasteiger partial charge >= 0.3 is 0 Å². The maximum absolute atomic E-state index is 12.4. The lowest BCUT2D eigenvalue weighted by molar-refractivity contribution is 0.553. The van der Waals surface area contributed by atoms with E-state index in [0.717, 1.165) is 0 Å². The summed E-state index contributed by atoms with van der Waals surface area (Å²) in [5, 5.41) is 2.16. The molecule has 1 aromatic carbocycles. The molecule has 0 bridgehead atoms. The molecule has 1 heterocycles. The highest BCUT2D eigenvalue weighted by Gasteiger charge is 2.33. The van der Waals surface area contributed by atoms with Crippen LogP contribution in [-0.2, 0) is 15.5 Å². The molecule has 0 radical (unpaired) electrons. The molecule has 0 spiro atoms. The van der Waals surface area contributed by atoms with Crippen LogP contribution in [0.25, 0.3) is 0 Å². The van der Waals surface area contributed by atoms with Crippen molar-refractivity contribution in [3.05, 3.63) is 42.1 Å². The lowest BCUT2D eigenvalue weighted by atomic mass is 10.0. The minimum Gasteiger partial charge on any atom is -0.370 e. The summed E-state index contributed by atoms with van der Waals surface area (Å²) in [6, 6.07) is 6.59. The molecule has 6 nitrogen and oxygen atoms in total. The summed E-state index contributed by atoms with van der Waals surface area (Å²) >= 11 is 0. The number of hydrogen-bond acceptors (Lipinski definition) is 6. The molecule has 2 rings (SSSR count). The van der Waals surface area contributed by atoms with Gasteiger partial charge in [0.15, 0.2) is 21.5 Å². The van der Waals surface area contributed by atoms with Gasteiger partial charge < -0.3 is 11.1 Å². The molecule has 0 saturated carbocycles. The van der Waals surface area contributed by atoms with Gasteiger partial charge in [-0.15, -0.1) is 0 Å². The average molecular weight is 294 g/mol. The largest absolute Gasteiger partial charge is 0.370 e. The molecule has 0 aliphatic carbocycles. The molecule has 1 aliphatic heterocycles. The van der Waals surface area contributed by atoms with Gasteiger partial charge in [-0.1, -0.05) is 18.2 Å². The molecule has 108 valence electrons. The van der Waals surface area contributed by atoms with E-state index in [1.165, 1.54) is 0 Å². The monoisotopic (exact) mass is 294 g/mol. The number of nitrogens with two attached hydrogens (primary N) is 2. The second-order valence-electron chi connectivity index (χ2n) is 4.89. The summed E-state index contributed by atoms with van der Waals surface area (Å²) < 4.78 is 24.9. The maximum Gasteiger partial charge on any atom is 0.195 e. The Bertz CT molecular complexity index is 679. The number of aliphatic imine (C=N–C) groups is 1. The fourth-order valence-corrected chi connectivity index (χ4v) is 3.29. The first-order valence-corrected chi connectivity index (χ1v) is 7.74. The third-order valence-corrected chi connectivity index (χ3v) is 5.33. The molecule has 0 amide bonds. The molecule has 1 aliphatic rings. The van der Waals surface area contributed by atoms with E-state index in [-0.39, 0.29) is 10.9 Å². The molecule has 0 aromatic heterocycles. The number of guanidine groups is 1. The normalized spacial score (nSPS) is 22.5. The van der Waals surface area contributed by atoms with Crippen LogP contribution in [0.3, 0.4) is 0 Å². The number of benzene rings is 1. The zero-order valence-corrected chi connectivity index (χ0v) is 12.2. The van der Waals surface area contributed by atoms with E-state index in [0.29, 0.717) is 5.56 Å². The zero-order chi connectivity index (χ0) is 15.0. The van der Waals surface area contributed by atoms with Crippen LogP contribution >= 0.6 is 0 Å². The summed E-state index contributed by atoms with van der Waals surface area (Å²) in [6.45, 7) is 3.26. The van der Waals surface area contributed by atoms with Crippen molar-refractivity contribution in [3.8, 4) is 0 Å². The first kappa shape index (κ1) is 14.5. The van der Waals surface area contributed by atoms with Crippen molar-refractivity contribution in [3.63, 3.8) is 0 Å². The van der Waals surface area contributed by atoms with Crippen LogP contribution in [0.4, 0.5) is 0 Å². The van der Waals surface area contributed by atoms with Gasteiger partial charge in [-0.25, -0.2) is 13.4 Å². The summed E-state index contributed by atoms with van der Waals surface area (Å²) in [7, 11) is -3.46. The van der Waals surface area contributed by atoms with Crippen LogP contribution < -0.4 is 16.8 Å². The smallest absolute Gasteiger partial charge is 0.195 e. The molecule has 0 fully saturated rings. The molecular formula is C13H18N4O2S. The Morgan fingerprint density at radius 1 is 1.30 bits per heavy atom. The van der Waals surface area contributed by atoms with Gasteiger partial charge in [0.05, 0.1) is 10.1 Å². The highest BCUT2D eigenvalue weighted by atomic mass is 32.2. The number of nitrogens with one attached hydrogen (secondary N) is 1. The fraction of sp³-hybridized carbons (Fsp3) is 0.308. The first-order chi connectivity index (χ1) is 9.27. The van der Waals surface area contributed by atoms with Gasteiger partial charge in [0.1, 0.15) is 0 Å². The van der Waals surface area contributed by atoms with Crippen LogP contribution in [0.15, 0.2) is 46.4 Å². The third kappa shape index (κ3) is 2.41. The molecular weight excluding hydrogens is 276 g/mol. The van der Waals surface area contributed by atoms with E-state index in [1.54, 1.807) is 50.4 Å². The van der Waals surface area contributed by atoms with Crippen molar-refractivity contribution in [2.45, 2.75) is 29.7 Å². The Hall–Kier alpha value is -1.86. The van der Waals surface area contributed by atoms with Crippen molar-refractivity contribution < 1.29 is 8.42 Å². The molecule has 1 aromatic rings. The number of rotatable bonds is 3. The van der Waals surface area contributed by atoms with Crippen LogP contribution in [0.5, 0.6) is 0 Å². The summed E-state index contributed by atoms with van der Waals surface area (Å²) in [5.41, 5.74) is 11.0. The summed E-state index contributed by atoms with van der Waals surface area (Å²) in [4.78, 5) is 4.31. The highest BCUT2D eigenvalue weighted by molar-refractivity contribution is 7.92. The Labute approximate surface area is 118 Å². The van der Waals surface area contributed by atoms with Crippen molar-refractivity contribution in [1.29, 1.82) is 0 Å². The Balaban J connectivity index is 2.66. The van der Waals surface area contributed by atoms with E-state index in [9.17, 15) is 8.42 Å². The quantitative estimate of drug-likeness (QED) is 0.748. The van der Waals surface area contributed by atoms with Crippen molar-refractivity contribution in [2.24, 2.45) is 16.5 Å². The van der Waals surface area contributed by atoms with Crippen molar-refractivity contribution in [2.75, 3.05) is 0 Å². The standard InChI is InChI=1S/C13H18N4O2S/c1-9(2)20(18,19)11-6-4-3-5-10(11)13(15)7-8-16-12(14)17-13/h3-9H,15H2,1-2H3,(H3,14,16,17). The van der Waals surface area contributed by atoms with Gasteiger partial charge in [-0.2, -0.15) is 0 Å². The van der Waals surface area contributed by atoms with Crippen LogP contribution in [0.1, 0.15) is 19.4 Å². The van der Waals surface area contributed by atoms with Gasteiger partial charge in [-0.3, -0.25) is 5.73 Å². The number of sulfone groups is 1. The molecule has 5 N–H and O–H groups in total. The molecule has 20 heavy (non-hydrogen) atoms. The Kier molecular flexibility index (Phi) is 3.58. The van der Waals surface area contributed by atoms with E-state index in [4.69, 9.17) is 11.5 Å². The third-order valence-electron chi connectivity index (χ3n) is 3.12. The molecule has 1 unspecified atom stereocenters. The highest BCUT2D eigenvalue weighted by Crippen LogP contribution is 2.31. The van der Waals surface area contributed by atoms with Gasteiger partial charge in [0.25, 0.3) is 0 Å². The predicted molar refractivity (Wildman–Crippen MR) is 78.5 cm³/mol. The predicted octanol–water partition coefficient (Wildman–Crippen LogP) is 0.412. The van der Waals surface area contributed by atoms with E-state index >= 15 is 0 Å². The second-order valence-corrected chi connectivity index (χ2v) is 7.36. The van der Waals surface area contributed by atoms with E-state index in [2.05, 4.69) is 10.3 Å². The lowest BCUT2D eigenvalue weighted by Crippen LogP contribution is -2.43. The summed E-state index contributed by atoms with van der Waals surface area (Å²) in [6.07, 6.45) is 3.14. The minimum atomic E-state index is -3.46. The lowest BCUT2D eigenvalue weighted by Gasteiger charge is -2.28. The summed E-state index contributed by atoms with van der Waals surface area (Å²) in [5.74, 6) is 0.145. The molecule has 1 atom stereocenters. The Morgan fingerprint density at radius 3 is 2.55 bits per heavy atom. The molecule has 0 saturated heterocycles. The van der Waals surface area contributed by atoms with Gasteiger partial charge in [0.2, 0.25) is 0 Å². The number of nitrogens with zero attached hydrogens (tertiary/aromatic N) is 1. The maximum atomic E-state index is 12.4. The number of hydrogen-bond donors (Lipinski definition) is 3. The Morgan fingerprint density at radius 2 is 1.95 bits per heavy atom. The zero-order valence-electron chi connectivity index (χ0n) is 11.4. The second kappa shape index (κ2) is 4.92. The van der Waals surface area contributed by atoms with Gasteiger partial charge in [0, 0.05) is 11.8 Å². The molecule has 7 heteroatoms. The van der Waals surface area contributed by atoms with Crippen LogP contribution in [-0.4, -0.2) is 19.6 Å².